The molecule has 1 aromatic heterocycles. The third kappa shape index (κ3) is 5.37. The molecule has 2 N–H and O–H groups in total. The number of nitrogens with one attached hydrogen (secondary N) is 2. The Hall–Kier alpha value is -3.30. The van der Waals surface area contributed by atoms with E-state index in [2.05, 4.69) is 10.6 Å². The summed E-state index contributed by atoms with van der Waals surface area (Å²) in [4.78, 5) is 23.4. The number of non-ortho nitro benzene ring substituents is 1. The van der Waals surface area contributed by atoms with Crippen LogP contribution in [0.15, 0.2) is 60.7 Å². The number of nitro groups is 1. The van der Waals surface area contributed by atoms with E-state index in [1.807, 2.05) is 30.3 Å². The van der Waals surface area contributed by atoms with E-state index in [1.165, 1.54) is 30.6 Å². The molecule has 0 radical (unpaired) electrons. The third-order valence-electron chi connectivity index (χ3n) is 3.97. The number of carbonyl (C=O) groups is 1. The molecule has 0 aliphatic rings. The Bertz CT molecular complexity index is 1030. The Kier molecular flexibility index (Phi) is 6.53. The molecule has 0 fully saturated rings. The predicted octanol–water partition coefficient (Wildman–Crippen LogP) is 4.84. The van der Waals surface area contributed by atoms with E-state index >= 15 is 0 Å². The van der Waals surface area contributed by atoms with Crippen LogP contribution in [0.2, 0.25) is 0 Å². The largest absolute Gasteiger partial charge is 0.465 e. The smallest absolute Gasteiger partial charge is 0.340 e. The standard InChI is InChI=1S/C20H17N3O4S2/c1-27-19(24)17-12-16(11-13-5-3-2-4-6-13)29-18(17)22-20(28)21-14-7-9-15(10-8-14)23(25)26/h2-10,12H,11H2,1H3,(H2,21,22,28). The summed E-state index contributed by atoms with van der Waals surface area (Å²) in [5.74, 6) is -0.457. The lowest BCUT2D eigenvalue weighted by Gasteiger charge is -2.10. The number of ether oxygens (including phenoxy) is 1. The highest BCUT2D eigenvalue weighted by atomic mass is 32.1. The maximum absolute atomic E-state index is 12.2. The number of esters is 1. The van der Waals surface area contributed by atoms with Crippen molar-refractivity contribution in [3.63, 3.8) is 0 Å². The number of rotatable bonds is 6. The van der Waals surface area contributed by atoms with Gasteiger partial charge in [0, 0.05) is 29.1 Å². The summed E-state index contributed by atoms with van der Waals surface area (Å²) in [5.41, 5.74) is 2.11. The molecule has 0 spiro atoms. The number of carbonyl (C=O) groups excluding carboxylic acids is 1. The van der Waals surface area contributed by atoms with E-state index in [0.29, 0.717) is 22.7 Å². The number of thiocarbonyl (C=S) groups is 1. The molecule has 0 aliphatic heterocycles. The van der Waals surface area contributed by atoms with E-state index < -0.39 is 10.9 Å². The van der Waals surface area contributed by atoms with Crippen LogP contribution >= 0.6 is 23.6 Å². The zero-order valence-corrected chi connectivity index (χ0v) is 17.0. The number of anilines is 2. The average Bonchev–Trinajstić information content (AvgIpc) is 3.10. The lowest BCUT2D eigenvalue weighted by molar-refractivity contribution is -0.384. The van der Waals surface area contributed by atoms with Crippen molar-refractivity contribution in [2.75, 3.05) is 17.7 Å². The first-order valence-electron chi connectivity index (χ1n) is 8.53. The minimum Gasteiger partial charge on any atom is -0.465 e. The molecule has 2 aromatic carbocycles. The molecule has 0 aliphatic carbocycles. The molecule has 0 bridgehead atoms. The fourth-order valence-corrected chi connectivity index (χ4v) is 3.98. The molecule has 9 heteroatoms. The molecule has 7 nitrogen and oxygen atoms in total. The zero-order chi connectivity index (χ0) is 20.8. The highest BCUT2D eigenvalue weighted by molar-refractivity contribution is 7.80. The number of hydrogen-bond donors (Lipinski definition) is 2. The number of methoxy groups -OCH3 is 1. The molecule has 0 unspecified atom stereocenters. The second-order valence-corrected chi connectivity index (χ2v) is 7.54. The van der Waals surface area contributed by atoms with Crippen molar-refractivity contribution in [1.82, 2.24) is 0 Å². The van der Waals surface area contributed by atoms with E-state index in [0.717, 1.165) is 10.4 Å². The van der Waals surface area contributed by atoms with E-state index in [-0.39, 0.29) is 10.8 Å². The third-order valence-corrected chi connectivity index (χ3v) is 5.23. The predicted molar refractivity (Wildman–Crippen MR) is 118 cm³/mol. The lowest BCUT2D eigenvalue weighted by Crippen LogP contribution is -2.19. The number of thiophene rings is 1. The maximum atomic E-state index is 12.2. The first-order chi connectivity index (χ1) is 14.0. The fourth-order valence-electron chi connectivity index (χ4n) is 2.61. The topological polar surface area (TPSA) is 93.5 Å². The van der Waals surface area contributed by atoms with Gasteiger partial charge in [-0.3, -0.25) is 10.1 Å². The second-order valence-electron chi connectivity index (χ2n) is 5.99. The number of hydrogen-bond acceptors (Lipinski definition) is 6. The van der Waals surface area contributed by atoms with Gasteiger partial charge in [-0.2, -0.15) is 0 Å². The summed E-state index contributed by atoms with van der Waals surface area (Å²) in [6.45, 7) is 0. The molecule has 0 amide bonds. The summed E-state index contributed by atoms with van der Waals surface area (Å²) in [5, 5.41) is 17.5. The monoisotopic (exact) mass is 427 g/mol. The highest BCUT2D eigenvalue weighted by Gasteiger charge is 2.18. The van der Waals surface area contributed by atoms with Crippen molar-refractivity contribution < 1.29 is 14.5 Å². The van der Waals surface area contributed by atoms with Gasteiger partial charge in [-0.1, -0.05) is 30.3 Å². The fraction of sp³-hybridized carbons (Fsp3) is 0.100. The minimum absolute atomic E-state index is 0.00813. The molecule has 0 saturated heterocycles. The van der Waals surface area contributed by atoms with E-state index in [4.69, 9.17) is 17.0 Å². The summed E-state index contributed by atoms with van der Waals surface area (Å²) < 4.78 is 4.88. The molecule has 1 heterocycles. The van der Waals surface area contributed by atoms with Gasteiger partial charge in [-0.05, 0) is 36.0 Å². The van der Waals surface area contributed by atoms with Gasteiger partial charge in [0.1, 0.15) is 5.00 Å². The maximum Gasteiger partial charge on any atom is 0.340 e. The molecule has 3 aromatic rings. The van der Waals surface area contributed by atoms with Gasteiger partial charge in [0.05, 0.1) is 17.6 Å². The van der Waals surface area contributed by atoms with Crippen LogP contribution in [0.25, 0.3) is 0 Å². The normalized spacial score (nSPS) is 10.2. The van der Waals surface area contributed by atoms with Crippen LogP contribution in [0, 0.1) is 10.1 Å². The van der Waals surface area contributed by atoms with E-state index in [1.54, 1.807) is 18.2 Å². The van der Waals surface area contributed by atoms with Crippen molar-refractivity contribution in [3.8, 4) is 0 Å². The first kappa shape index (κ1) is 20.4. The SMILES string of the molecule is COC(=O)c1cc(Cc2ccccc2)sc1NC(=S)Nc1ccc([N+](=O)[O-])cc1. The number of nitrogens with zero attached hydrogens (tertiary/aromatic N) is 1. The van der Waals surface area contributed by atoms with Crippen LogP contribution in [0.5, 0.6) is 0 Å². The van der Waals surface area contributed by atoms with Crippen LogP contribution in [0.3, 0.4) is 0 Å². The zero-order valence-electron chi connectivity index (χ0n) is 15.4. The minimum atomic E-state index is -0.469. The number of benzene rings is 2. The van der Waals surface area contributed by atoms with Gasteiger partial charge in [-0.15, -0.1) is 11.3 Å². The first-order valence-corrected chi connectivity index (χ1v) is 9.76. The Labute approximate surface area is 176 Å². The van der Waals surface area contributed by atoms with Gasteiger partial charge in [-0.25, -0.2) is 4.79 Å². The molecule has 29 heavy (non-hydrogen) atoms. The van der Waals surface area contributed by atoms with Crippen molar-refractivity contribution in [3.05, 3.63) is 86.8 Å². The van der Waals surface area contributed by atoms with Gasteiger partial charge in [0.2, 0.25) is 0 Å². The number of nitro benzene ring substituents is 1. The van der Waals surface area contributed by atoms with Gasteiger partial charge >= 0.3 is 5.97 Å². The van der Waals surface area contributed by atoms with Gasteiger partial charge in [0.15, 0.2) is 5.11 Å². The molecule has 0 saturated carbocycles. The van der Waals surface area contributed by atoms with Crippen LogP contribution < -0.4 is 10.6 Å². The molecular formula is C20H17N3O4S2. The summed E-state index contributed by atoms with van der Waals surface area (Å²) >= 11 is 6.74. The molecular weight excluding hydrogens is 410 g/mol. The van der Waals surface area contributed by atoms with Crippen molar-refractivity contribution in [2.45, 2.75) is 6.42 Å². The van der Waals surface area contributed by atoms with E-state index in [9.17, 15) is 14.9 Å². The lowest BCUT2D eigenvalue weighted by atomic mass is 10.1. The molecule has 0 atom stereocenters. The van der Waals surface area contributed by atoms with Crippen LogP contribution in [-0.2, 0) is 11.2 Å². The van der Waals surface area contributed by atoms with Gasteiger partial charge < -0.3 is 15.4 Å². The summed E-state index contributed by atoms with van der Waals surface area (Å²) in [7, 11) is 1.33. The Balaban J connectivity index is 1.74. The van der Waals surface area contributed by atoms with Crippen LogP contribution in [0.1, 0.15) is 20.8 Å². The van der Waals surface area contributed by atoms with Gasteiger partial charge in [0.25, 0.3) is 5.69 Å². The van der Waals surface area contributed by atoms with Crippen molar-refractivity contribution in [1.29, 1.82) is 0 Å². The van der Waals surface area contributed by atoms with Crippen LogP contribution in [-0.4, -0.2) is 23.1 Å². The van der Waals surface area contributed by atoms with Crippen molar-refractivity contribution in [2.24, 2.45) is 0 Å². The summed E-state index contributed by atoms with van der Waals surface area (Å²) in [6.07, 6.45) is 0.680. The van der Waals surface area contributed by atoms with Crippen molar-refractivity contribution >= 4 is 51.0 Å². The Morgan fingerprint density at radius 1 is 1.14 bits per heavy atom. The Morgan fingerprint density at radius 3 is 2.45 bits per heavy atom. The molecule has 148 valence electrons. The average molecular weight is 428 g/mol. The summed E-state index contributed by atoms with van der Waals surface area (Å²) in [6, 6.07) is 17.6. The quantitative estimate of drug-likeness (QED) is 0.252. The highest BCUT2D eigenvalue weighted by Crippen LogP contribution is 2.31. The Morgan fingerprint density at radius 2 is 1.83 bits per heavy atom. The second kappa shape index (κ2) is 9.26. The van der Waals surface area contributed by atoms with Crippen LogP contribution in [0.4, 0.5) is 16.4 Å². The molecule has 3 rings (SSSR count).